The van der Waals surface area contributed by atoms with E-state index in [0.717, 1.165) is 22.4 Å². The maximum atomic E-state index is 13.9. The summed E-state index contributed by atoms with van der Waals surface area (Å²) >= 11 is 0. The van der Waals surface area contributed by atoms with Crippen molar-refractivity contribution < 1.29 is 9.18 Å². The number of hydrogen-bond acceptors (Lipinski definition) is 1. The normalized spacial score (nSPS) is 10.4. The fraction of sp³-hybridized carbons (Fsp3) is 0.235. The third-order valence-corrected chi connectivity index (χ3v) is 3.37. The third-order valence-electron chi connectivity index (χ3n) is 3.37. The van der Waals surface area contributed by atoms with Gasteiger partial charge in [0.1, 0.15) is 5.82 Å². The molecule has 0 unspecified atom stereocenters. The van der Waals surface area contributed by atoms with Crippen molar-refractivity contribution in [2.75, 3.05) is 11.9 Å². The smallest absolute Gasteiger partial charge is 0.260 e. The van der Waals surface area contributed by atoms with Gasteiger partial charge < -0.3 is 4.90 Å². The van der Waals surface area contributed by atoms with Crippen LogP contribution in [0.4, 0.5) is 10.1 Å². The molecule has 1 amide bonds. The summed E-state index contributed by atoms with van der Waals surface area (Å²) in [7, 11) is 1.67. The fourth-order valence-electron chi connectivity index (χ4n) is 2.27. The van der Waals surface area contributed by atoms with Crippen LogP contribution < -0.4 is 4.90 Å². The summed E-state index contributed by atoms with van der Waals surface area (Å²) in [6.45, 7) is 5.74. The first-order chi connectivity index (χ1) is 9.40. The molecule has 2 aromatic rings. The Bertz CT molecular complexity index is 664. The van der Waals surface area contributed by atoms with E-state index < -0.39 is 5.82 Å². The van der Waals surface area contributed by atoms with Crippen LogP contribution in [-0.4, -0.2) is 13.0 Å². The summed E-state index contributed by atoms with van der Waals surface area (Å²) in [5.41, 5.74) is 3.81. The number of carbonyl (C=O) groups is 1. The van der Waals surface area contributed by atoms with E-state index >= 15 is 0 Å². The predicted molar refractivity (Wildman–Crippen MR) is 79.8 cm³/mol. The van der Waals surface area contributed by atoms with Gasteiger partial charge in [0.15, 0.2) is 0 Å². The second kappa shape index (κ2) is 5.45. The van der Waals surface area contributed by atoms with E-state index in [-0.39, 0.29) is 11.5 Å². The van der Waals surface area contributed by atoms with Gasteiger partial charge in [0.05, 0.1) is 5.56 Å². The van der Waals surface area contributed by atoms with Crippen molar-refractivity contribution >= 4 is 11.6 Å². The van der Waals surface area contributed by atoms with Gasteiger partial charge in [-0.25, -0.2) is 4.39 Å². The Morgan fingerprint density at radius 2 is 1.60 bits per heavy atom. The lowest BCUT2D eigenvalue weighted by Gasteiger charge is -2.20. The van der Waals surface area contributed by atoms with E-state index in [9.17, 15) is 9.18 Å². The van der Waals surface area contributed by atoms with E-state index in [4.69, 9.17) is 0 Å². The second-order valence-corrected chi connectivity index (χ2v) is 5.14. The van der Waals surface area contributed by atoms with Crippen LogP contribution in [0.3, 0.4) is 0 Å². The number of benzene rings is 2. The van der Waals surface area contributed by atoms with Crippen molar-refractivity contribution in [2.45, 2.75) is 20.8 Å². The Morgan fingerprint density at radius 1 is 1.00 bits per heavy atom. The van der Waals surface area contributed by atoms with Gasteiger partial charge in [0, 0.05) is 12.7 Å². The van der Waals surface area contributed by atoms with Crippen LogP contribution in [-0.2, 0) is 0 Å². The lowest BCUT2D eigenvalue weighted by Crippen LogP contribution is -2.27. The number of amides is 1. The predicted octanol–water partition coefficient (Wildman–Crippen LogP) is 4.03. The van der Waals surface area contributed by atoms with Gasteiger partial charge >= 0.3 is 0 Å². The molecule has 0 spiro atoms. The number of halogens is 1. The summed E-state index contributed by atoms with van der Waals surface area (Å²) in [6, 6.07) is 10.5. The van der Waals surface area contributed by atoms with Gasteiger partial charge in [0.25, 0.3) is 5.91 Å². The minimum absolute atomic E-state index is 0.0954. The van der Waals surface area contributed by atoms with Crippen LogP contribution in [0, 0.1) is 26.6 Å². The third kappa shape index (κ3) is 2.72. The molecule has 0 aliphatic carbocycles. The molecule has 0 radical (unpaired) electrons. The molecule has 104 valence electrons. The van der Waals surface area contributed by atoms with Crippen molar-refractivity contribution in [3.63, 3.8) is 0 Å². The first-order valence-corrected chi connectivity index (χ1v) is 6.51. The van der Waals surface area contributed by atoms with Crippen molar-refractivity contribution in [1.82, 2.24) is 0 Å². The number of anilines is 1. The quantitative estimate of drug-likeness (QED) is 0.807. The van der Waals surface area contributed by atoms with Crippen LogP contribution in [0.1, 0.15) is 27.0 Å². The lowest BCUT2D eigenvalue weighted by molar-refractivity contribution is 0.0989. The van der Waals surface area contributed by atoms with E-state index in [1.165, 1.54) is 17.0 Å². The molecule has 2 aromatic carbocycles. The van der Waals surface area contributed by atoms with Gasteiger partial charge in [-0.15, -0.1) is 0 Å². The highest BCUT2D eigenvalue weighted by Crippen LogP contribution is 2.22. The van der Waals surface area contributed by atoms with E-state index in [2.05, 4.69) is 0 Å². The molecule has 0 aromatic heterocycles. The highest BCUT2D eigenvalue weighted by molar-refractivity contribution is 6.06. The number of nitrogens with zero attached hydrogens (tertiary/aromatic N) is 1. The summed E-state index contributed by atoms with van der Waals surface area (Å²) in [5.74, 6) is -0.818. The number of hydrogen-bond donors (Lipinski definition) is 0. The molecule has 20 heavy (non-hydrogen) atoms. The van der Waals surface area contributed by atoms with E-state index in [0.29, 0.717) is 0 Å². The summed E-state index contributed by atoms with van der Waals surface area (Å²) < 4.78 is 13.9. The maximum absolute atomic E-state index is 13.9. The standard InChI is InChI=1S/C17H18FNO/c1-11-6-8-16(13(3)9-11)19(4)17(20)14-7-5-12(2)10-15(14)18/h5-10H,1-4H3. The Kier molecular flexibility index (Phi) is 3.89. The molecular weight excluding hydrogens is 253 g/mol. The van der Waals surface area contributed by atoms with Crippen molar-refractivity contribution in [1.29, 1.82) is 0 Å². The average Bonchev–Trinajstić information content (AvgIpc) is 2.37. The highest BCUT2D eigenvalue weighted by atomic mass is 19.1. The minimum Gasteiger partial charge on any atom is -0.311 e. The molecule has 0 heterocycles. The Hall–Kier alpha value is -2.16. The molecule has 0 fully saturated rings. The molecule has 0 atom stereocenters. The molecule has 0 N–H and O–H groups in total. The zero-order valence-electron chi connectivity index (χ0n) is 12.2. The first kappa shape index (κ1) is 14.3. The molecule has 0 saturated heterocycles. The molecular formula is C17H18FNO. The zero-order chi connectivity index (χ0) is 14.9. The number of aryl methyl sites for hydroxylation is 3. The van der Waals surface area contributed by atoms with Gasteiger partial charge in [0.2, 0.25) is 0 Å². The summed E-state index contributed by atoms with van der Waals surface area (Å²) in [5, 5.41) is 0. The van der Waals surface area contributed by atoms with Crippen LogP contribution >= 0.6 is 0 Å². The minimum atomic E-state index is -0.480. The highest BCUT2D eigenvalue weighted by Gasteiger charge is 2.18. The van der Waals surface area contributed by atoms with Crippen molar-refractivity contribution in [3.8, 4) is 0 Å². The topological polar surface area (TPSA) is 20.3 Å². The fourth-order valence-corrected chi connectivity index (χ4v) is 2.27. The first-order valence-electron chi connectivity index (χ1n) is 6.51. The summed E-state index contributed by atoms with van der Waals surface area (Å²) in [6.07, 6.45) is 0. The van der Waals surface area contributed by atoms with Crippen LogP contribution in [0.25, 0.3) is 0 Å². The van der Waals surface area contributed by atoms with Gasteiger partial charge in [-0.05, 0) is 50.1 Å². The Balaban J connectivity index is 2.37. The number of carbonyl (C=O) groups excluding carboxylic acids is 1. The molecule has 0 saturated carbocycles. The zero-order valence-corrected chi connectivity index (χ0v) is 12.2. The van der Waals surface area contributed by atoms with Gasteiger partial charge in [-0.1, -0.05) is 23.8 Å². The monoisotopic (exact) mass is 271 g/mol. The Labute approximate surface area is 118 Å². The molecule has 0 bridgehead atoms. The summed E-state index contributed by atoms with van der Waals surface area (Å²) in [4.78, 5) is 13.9. The SMILES string of the molecule is Cc1ccc(N(C)C(=O)c2ccc(C)cc2F)c(C)c1. The van der Waals surface area contributed by atoms with Crippen molar-refractivity contribution in [3.05, 3.63) is 64.5 Å². The maximum Gasteiger partial charge on any atom is 0.260 e. The lowest BCUT2D eigenvalue weighted by atomic mass is 10.1. The van der Waals surface area contributed by atoms with Crippen molar-refractivity contribution in [2.24, 2.45) is 0 Å². The van der Waals surface area contributed by atoms with Gasteiger partial charge in [-0.2, -0.15) is 0 Å². The Morgan fingerprint density at radius 3 is 2.20 bits per heavy atom. The van der Waals surface area contributed by atoms with Crippen LogP contribution in [0.15, 0.2) is 36.4 Å². The number of rotatable bonds is 2. The van der Waals surface area contributed by atoms with Crippen LogP contribution in [0.5, 0.6) is 0 Å². The molecule has 3 heteroatoms. The van der Waals surface area contributed by atoms with E-state index in [1.54, 1.807) is 20.0 Å². The second-order valence-electron chi connectivity index (χ2n) is 5.14. The average molecular weight is 271 g/mol. The van der Waals surface area contributed by atoms with E-state index in [1.807, 2.05) is 32.0 Å². The van der Waals surface area contributed by atoms with Gasteiger partial charge in [-0.3, -0.25) is 4.79 Å². The molecule has 0 aliphatic heterocycles. The molecule has 2 rings (SSSR count). The van der Waals surface area contributed by atoms with Crippen LogP contribution in [0.2, 0.25) is 0 Å². The molecule has 2 nitrogen and oxygen atoms in total. The largest absolute Gasteiger partial charge is 0.311 e. The molecule has 0 aliphatic rings.